The summed E-state index contributed by atoms with van der Waals surface area (Å²) in [6.45, 7) is 3.99. The van der Waals surface area contributed by atoms with Crippen molar-refractivity contribution in [2.45, 2.75) is 19.8 Å². The van der Waals surface area contributed by atoms with Gasteiger partial charge in [-0.15, -0.1) is 10.2 Å². The van der Waals surface area contributed by atoms with Crippen LogP contribution in [-0.2, 0) is 6.42 Å². The molecule has 0 bridgehead atoms. The molecule has 0 aliphatic heterocycles. The second-order valence-corrected chi connectivity index (χ2v) is 3.63. The van der Waals surface area contributed by atoms with Gasteiger partial charge in [-0.3, -0.25) is 0 Å². The summed E-state index contributed by atoms with van der Waals surface area (Å²) in [5.74, 6) is 1.13. The molecule has 17 heavy (non-hydrogen) atoms. The third kappa shape index (κ3) is 3.32. The van der Waals surface area contributed by atoms with Gasteiger partial charge in [-0.1, -0.05) is 6.92 Å². The lowest BCUT2D eigenvalue weighted by Gasteiger charge is -1.98. The zero-order chi connectivity index (χ0) is 11.9. The number of nitrogens with zero attached hydrogens (tertiary/aromatic N) is 4. The smallest absolute Gasteiger partial charge is 0.249 e. The first-order valence-corrected chi connectivity index (χ1v) is 5.70. The highest BCUT2D eigenvalue weighted by Crippen LogP contribution is 2.15. The van der Waals surface area contributed by atoms with Crippen molar-refractivity contribution in [3.63, 3.8) is 0 Å². The monoisotopic (exact) mass is 233 g/mol. The van der Waals surface area contributed by atoms with Gasteiger partial charge in [0.15, 0.2) is 0 Å². The van der Waals surface area contributed by atoms with Crippen molar-refractivity contribution >= 4 is 0 Å². The van der Waals surface area contributed by atoms with Gasteiger partial charge in [-0.25, -0.2) is 0 Å². The molecule has 90 valence electrons. The van der Waals surface area contributed by atoms with Crippen LogP contribution in [-0.4, -0.2) is 33.5 Å². The highest BCUT2D eigenvalue weighted by atomic mass is 16.4. The molecule has 2 aromatic heterocycles. The average molecular weight is 233 g/mol. The minimum atomic E-state index is 0.491. The van der Waals surface area contributed by atoms with Gasteiger partial charge in [0.2, 0.25) is 11.8 Å². The molecule has 0 aliphatic carbocycles. The van der Waals surface area contributed by atoms with Crippen molar-refractivity contribution in [1.29, 1.82) is 0 Å². The Labute approximate surface area is 99.5 Å². The number of hydrogen-bond acceptors (Lipinski definition) is 6. The summed E-state index contributed by atoms with van der Waals surface area (Å²) in [6.07, 6.45) is 5.07. The van der Waals surface area contributed by atoms with E-state index in [1.807, 2.05) is 0 Å². The largest absolute Gasteiger partial charge is 0.421 e. The normalized spacial score (nSPS) is 10.6. The Hall–Kier alpha value is -1.82. The quantitative estimate of drug-likeness (QED) is 0.752. The lowest BCUT2D eigenvalue weighted by molar-refractivity contribution is 0.494. The predicted octanol–water partition coefficient (Wildman–Crippen LogP) is 1.07. The first kappa shape index (κ1) is 11.7. The molecule has 0 radical (unpaired) electrons. The van der Waals surface area contributed by atoms with Crippen molar-refractivity contribution in [1.82, 2.24) is 25.7 Å². The van der Waals surface area contributed by atoms with E-state index in [-0.39, 0.29) is 0 Å². The first-order chi connectivity index (χ1) is 8.40. The molecular weight excluding hydrogens is 218 g/mol. The Morgan fingerprint density at radius 1 is 1.24 bits per heavy atom. The van der Waals surface area contributed by atoms with Crippen LogP contribution in [0, 0.1) is 0 Å². The van der Waals surface area contributed by atoms with Crippen LogP contribution in [0.4, 0.5) is 0 Å². The highest BCUT2D eigenvalue weighted by molar-refractivity contribution is 5.49. The Morgan fingerprint density at radius 3 is 2.94 bits per heavy atom. The van der Waals surface area contributed by atoms with Crippen LogP contribution in [0.5, 0.6) is 0 Å². The molecule has 2 heterocycles. The van der Waals surface area contributed by atoms with E-state index in [9.17, 15) is 0 Å². The number of nitrogens with one attached hydrogen (secondary N) is 1. The zero-order valence-electron chi connectivity index (χ0n) is 9.76. The van der Waals surface area contributed by atoms with Crippen LogP contribution in [0.3, 0.4) is 0 Å². The van der Waals surface area contributed by atoms with Gasteiger partial charge in [0, 0.05) is 13.0 Å². The average Bonchev–Trinajstić information content (AvgIpc) is 2.85. The summed E-state index contributed by atoms with van der Waals surface area (Å²) in [6, 6.07) is 1.79. The highest BCUT2D eigenvalue weighted by Gasteiger charge is 2.07. The van der Waals surface area contributed by atoms with Gasteiger partial charge in [-0.2, -0.15) is 10.2 Å². The van der Waals surface area contributed by atoms with Crippen LogP contribution in [0.2, 0.25) is 0 Å². The van der Waals surface area contributed by atoms with E-state index >= 15 is 0 Å². The van der Waals surface area contributed by atoms with E-state index in [2.05, 4.69) is 32.6 Å². The maximum atomic E-state index is 5.52. The molecule has 0 atom stereocenters. The van der Waals surface area contributed by atoms with E-state index in [4.69, 9.17) is 4.42 Å². The Bertz CT molecular complexity index is 442. The summed E-state index contributed by atoms with van der Waals surface area (Å²) < 4.78 is 5.52. The van der Waals surface area contributed by atoms with Gasteiger partial charge in [-0.05, 0) is 19.0 Å². The molecule has 6 heteroatoms. The third-order valence-electron chi connectivity index (χ3n) is 2.24. The first-order valence-electron chi connectivity index (χ1n) is 5.70. The summed E-state index contributed by atoms with van der Waals surface area (Å²) in [4.78, 5) is 0. The summed E-state index contributed by atoms with van der Waals surface area (Å²) in [7, 11) is 0. The molecule has 0 unspecified atom stereocenters. The minimum Gasteiger partial charge on any atom is -0.421 e. The molecule has 0 aromatic carbocycles. The molecule has 0 fully saturated rings. The molecule has 2 rings (SSSR count). The molecule has 1 N–H and O–H groups in total. The molecule has 0 aliphatic rings. The summed E-state index contributed by atoms with van der Waals surface area (Å²) in [5.41, 5.74) is 0.792. The Kier molecular flexibility index (Phi) is 4.15. The second kappa shape index (κ2) is 6.05. The summed E-state index contributed by atoms with van der Waals surface area (Å²) >= 11 is 0. The molecule has 6 nitrogen and oxygen atoms in total. The van der Waals surface area contributed by atoms with Gasteiger partial charge in [0.1, 0.15) is 0 Å². The van der Waals surface area contributed by atoms with E-state index in [0.29, 0.717) is 11.8 Å². The lowest BCUT2D eigenvalue weighted by atomic mass is 10.3. The molecule has 2 aromatic rings. The van der Waals surface area contributed by atoms with Crippen LogP contribution < -0.4 is 5.32 Å². The van der Waals surface area contributed by atoms with Crippen molar-refractivity contribution in [2.24, 2.45) is 0 Å². The van der Waals surface area contributed by atoms with E-state index < -0.39 is 0 Å². The van der Waals surface area contributed by atoms with Crippen LogP contribution in [0.1, 0.15) is 19.2 Å². The van der Waals surface area contributed by atoms with Crippen molar-refractivity contribution in [2.75, 3.05) is 13.1 Å². The van der Waals surface area contributed by atoms with E-state index in [1.165, 1.54) is 0 Å². The fraction of sp³-hybridized carbons (Fsp3) is 0.455. The SMILES string of the molecule is CCCNCCc1nnc(-c2ccnnc2)o1. The maximum absolute atomic E-state index is 5.52. The molecule has 0 spiro atoms. The molecular formula is C11H15N5O. The van der Waals surface area contributed by atoms with E-state index in [0.717, 1.165) is 31.5 Å². The van der Waals surface area contributed by atoms with Crippen molar-refractivity contribution < 1.29 is 4.42 Å². The lowest BCUT2D eigenvalue weighted by Crippen LogP contribution is -2.17. The van der Waals surface area contributed by atoms with E-state index in [1.54, 1.807) is 18.5 Å². The molecule has 0 amide bonds. The number of hydrogen-bond donors (Lipinski definition) is 1. The molecule has 0 saturated carbocycles. The van der Waals surface area contributed by atoms with Crippen molar-refractivity contribution in [3.8, 4) is 11.5 Å². The minimum absolute atomic E-state index is 0.491. The predicted molar refractivity (Wildman–Crippen MR) is 62.2 cm³/mol. The van der Waals surface area contributed by atoms with Gasteiger partial charge >= 0.3 is 0 Å². The third-order valence-corrected chi connectivity index (χ3v) is 2.24. The van der Waals surface area contributed by atoms with Crippen LogP contribution >= 0.6 is 0 Å². The standard InChI is InChI=1S/C11H15N5O/c1-2-5-12-6-4-10-15-16-11(17-10)9-3-7-13-14-8-9/h3,7-8,12H,2,4-6H2,1H3. The van der Waals surface area contributed by atoms with Crippen molar-refractivity contribution in [3.05, 3.63) is 24.4 Å². The van der Waals surface area contributed by atoms with Gasteiger partial charge < -0.3 is 9.73 Å². The Morgan fingerprint density at radius 2 is 2.18 bits per heavy atom. The fourth-order valence-electron chi connectivity index (χ4n) is 1.39. The zero-order valence-corrected chi connectivity index (χ0v) is 9.76. The molecule has 0 saturated heterocycles. The van der Waals surface area contributed by atoms with Gasteiger partial charge in [0.25, 0.3) is 0 Å². The van der Waals surface area contributed by atoms with Crippen LogP contribution in [0.15, 0.2) is 22.9 Å². The fourth-order valence-corrected chi connectivity index (χ4v) is 1.39. The second-order valence-electron chi connectivity index (χ2n) is 3.63. The number of rotatable bonds is 6. The van der Waals surface area contributed by atoms with Gasteiger partial charge in [0.05, 0.1) is 18.0 Å². The Balaban J connectivity index is 1.92. The maximum Gasteiger partial charge on any atom is 0.249 e. The topological polar surface area (TPSA) is 76.7 Å². The van der Waals surface area contributed by atoms with Crippen LogP contribution in [0.25, 0.3) is 11.5 Å². The number of aromatic nitrogens is 4. The summed E-state index contributed by atoms with van der Waals surface area (Å²) in [5, 5.41) is 18.7.